The summed E-state index contributed by atoms with van der Waals surface area (Å²) in [6.45, 7) is 5.43. The number of aromatic nitrogens is 2. The number of hydrogen-bond donors (Lipinski definition) is 2. The van der Waals surface area contributed by atoms with E-state index in [0.717, 1.165) is 48.6 Å². The van der Waals surface area contributed by atoms with Gasteiger partial charge in [0.1, 0.15) is 5.82 Å². The highest BCUT2D eigenvalue weighted by molar-refractivity contribution is 6.31. The predicted molar refractivity (Wildman–Crippen MR) is 148 cm³/mol. The first-order chi connectivity index (χ1) is 17.4. The normalized spacial score (nSPS) is 17.8. The van der Waals surface area contributed by atoms with Crippen LogP contribution in [0.1, 0.15) is 65.6 Å². The second-order valence-electron chi connectivity index (χ2n) is 9.99. The fourth-order valence-electron chi connectivity index (χ4n) is 5.36. The van der Waals surface area contributed by atoms with Gasteiger partial charge in [0.05, 0.1) is 12.2 Å². The molecular formula is C29H38ClN5O. The quantitative estimate of drug-likeness (QED) is 0.396. The van der Waals surface area contributed by atoms with Crippen molar-refractivity contribution in [2.45, 2.75) is 64.6 Å². The zero-order valence-corrected chi connectivity index (χ0v) is 22.6. The number of H-pyrrole nitrogens is 1. The Labute approximate surface area is 220 Å². The van der Waals surface area contributed by atoms with Crippen molar-refractivity contribution < 1.29 is 4.79 Å². The van der Waals surface area contributed by atoms with Gasteiger partial charge in [0, 0.05) is 47.5 Å². The van der Waals surface area contributed by atoms with Crippen molar-refractivity contribution in [2.24, 2.45) is 0 Å². The number of hydrogen-bond acceptors (Lipinski definition) is 4. The summed E-state index contributed by atoms with van der Waals surface area (Å²) in [6.07, 6.45) is 7.34. The van der Waals surface area contributed by atoms with E-state index in [-0.39, 0.29) is 5.91 Å². The average molecular weight is 508 g/mol. The molecule has 0 radical (unpaired) electrons. The Bertz CT molecular complexity index is 1150. The lowest BCUT2D eigenvalue weighted by Crippen LogP contribution is -2.42. The van der Waals surface area contributed by atoms with Crippen molar-refractivity contribution in [3.05, 3.63) is 81.9 Å². The van der Waals surface area contributed by atoms with E-state index in [4.69, 9.17) is 11.6 Å². The summed E-state index contributed by atoms with van der Waals surface area (Å²) >= 11 is 6.54. The van der Waals surface area contributed by atoms with E-state index in [1.165, 1.54) is 18.4 Å². The van der Waals surface area contributed by atoms with E-state index in [1.54, 1.807) is 6.07 Å². The molecule has 1 aliphatic carbocycles. The first kappa shape index (κ1) is 26.2. The number of benzene rings is 2. The zero-order valence-electron chi connectivity index (χ0n) is 21.9. The van der Waals surface area contributed by atoms with Gasteiger partial charge in [0.15, 0.2) is 0 Å². The summed E-state index contributed by atoms with van der Waals surface area (Å²) in [6, 6.07) is 15.1. The Morgan fingerprint density at radius 2 is 1.81 bits per heavy atom. The highest BCUT2D eigenvalue weighted by Crippen LogP contribution is 2.34. The van der Waals surface area contributed by atoms with Crippen LogP contribution >= 0.6 is 11.6 Å². The maximum atomic E-state index is 13.2. The largest absolute Gasteiger partial charge is 0.369 e. The number of nitrogens with one attached hydrogen (secondary N) is 2. The predicted octanol–water partition coefficient (Wildman–Crippen LogP) is 5.59. The van der Waals surface area contributed by atoms with Gasteiger partial charge >= 0.3 is 0 Å². The maximum absolute atomic E-state index is 13.2. The third kappa shape index (κ3) is 6.29. The summed E-state index contributed by atoms with van der Waals surface area (Å²) in [5.41, 5.74) is 4.81. The lowest BCUT2D eigenvalue weighted by atomic mass is 9.89. The Balaban J connectivity index is 1.43. The van der Waals surface area contributed by atoms with Crippen LogP contribution in [0.3, 0.4) is 0 Å². The highest BCUT2D eigenvalue weighted by atomic mass is 35.5. The topological polar surface area (TPSA) is 64.3 Å². The standard InChI is InChI=1S/C29H38ClN5O/c1-5-35(25-13-11-24(12-14-25)34(3)4)27-17-22(30)16-26(20(27)2)29(36)32-19-28-31-18-23(33-28)15-21-9-7-6-8-10-21/h6-10,16-18,24-25H,5,11-15,19H2,1-4H3,(H,31,33)(H,32,36)/t24-,25-. The van der Waals surface area contributed by atoms with Gasteiger partial charge in [-0.25, -0.2) is 4.98 Å². The lowest BCUT2D eigenvalue weighted by molar-refractivity contribution is 0.0949. The van der Waals surface area contributed by atoms with Gasteiger partial charge in [-0.05, 0) is 76.9 Å². The van der Waals surface area contributed by atoms with Crippen molar-refractivity contribution in [3.63, 3.8) is 0 Å². The van der Waals surface area contributed by atoms with Crippen LogP contribution in [0.4, 0.5) is 5.69 Å². The number of halogens is 1. The summed E-state index contributed by atoms with van der Waals surface area (Å²) in [4.78, 5) is 25.8. The SMILES string of the molecule is CCN(c1cc(Cl)cc(C(=O)NCc2nc(Cc3ccccc3)c[nH]2)c1C)[C@H]1CC[C@H](N(C)C)CC1. The number of imidazole rings is 1. The molecular weight excluding hydrogens is 470 g/mol. The summed E-state index contributed by atoms with van der Waals surface area (Å²) in [5.74, 6) is 0.603. The molecule has 1 fully saturated rings. The minimum atomic E-state index is -0.135. The van der Waals surface area contributed by atoms with Crippen molar-refractivity contribution in [1.29, 1.82) is 0 Å². The van der Waals surface area contributed by atoms with Crippen LogP contribution in [-0.2, 0) is 13.0 Å². The number of rotatable bonds is 9. The fraction of sp³-hybridized carbons (Fsp3) is 0.448. The Hall–Kier alpha value is -2.83. The Morgan fingerprint density at radius 3 is 2.47 bits per heavy atom. The summed E-state index contributed by atoms with van der Waals surface area (Å²) in [7, 11) is 4.34. The summed E-state index contributed by atoms with van der Waals surface area (Å²) < 4.78 is 0. The number of amides is 1. The zero-order chi connectivity index (χ0) is 25.7. The number of carbonyl (C=O) groups excluding carboxylic acids is 1. The van der Waals surface area contributed by atoms with Gasteiger partial charge in [-0.1, -0.05) is 41.9 Å². The molecule has 4 rings (SSSR count). The second-order valence-corrected chi connectivity index (χ2v) is 10.4. The van der Waals surface area contributed by atoms with Crippen LogP contribution in [-0.4, -0.2) is 53.5 Å². The van der Waals surface area contributed by atoms with Crippen molar-refractivity contribution in [3.8, 4) is 0 Å². The molecule has 1 saturated carbocycles. The van der Waals surface area contributed by atoms with E-state index in [9.17, 15) is 4.79 Å². The van der Waals surface area contributed by atoms with Crippen LogP contribution in [0.5, 0.6) is 0 Å². The molecule has 2 N–H and O–H groups in total. The first-order valence-electron chi connectivity index (χ1n) is 12.9. The molecule has 36 heavy (non-hydrogen) atoms. The molecule has 2 aromatic carbocycles. The van der Waals surface area contributed by atoms with Crippen molar-refractivity contribution in [1.82, 2.24) is 20.2 Å². The van der Waals surface area contributed by atoms with Gasteiger partial charge in [-0.15, -0.1) is 0 Å². The molecule has 0 bridgehead atoms. The van der Waals surface area contributed by atoms with E-state index in [1.807, 2.05) is 37.4 Å². The van der Waals surface area contributed by atoms with E-state index < -0.39 is 0 Å². The molecule has 7 heteroatoms. The highest BCUT2D eigenvalue weighted by Gasteiger charge is 2.28. The second kappa shape index (κ2) is 11.9. The molecule has 6 nitrogen and oxygen atoms in total. The molecule has 1 aromatic heterocycles. The van der Waals surface area contributed by atoms with Gasteiger partial charge in [0.25, 0.3) is 5.91 Å². The smallest absolute Gasteiger partial charge is 0.252 e. The van der Waals surface area contributed by atoms with Crippen molar-refractivity contribution >= 4 is 23.2 Å². The summed E-state index contributed by atoms with van der Waals surface area (Å²) in [5, 5.41) is 3.61. The van der Waals surface area contributed by atoms with Crippen LogP contribution in [0.25, 0.3) is 0 Å². The molecule has 1 aliphatic rings. The van der Waals surface area contributed by atoms with Crippen molar-refractivity contribution in [2.75, 3.05) is 25.5 Å². The van der Waals surface area contributed by atoms with Crippen LogP contribution < -0.4 is 10.2 Å². The lowest BCUT2D eigenvalue weighted by Gasteiger charge is -2.40. The Morgan fingerprint density at radius 1 is 1.11 bits per heavy atom. The molecule has 0 aliphatic heterocycles. The molecule has 0 spiro atoms. The molecule has 0 unspecified atom stereocenters. The van der Waals surface area contributed by atoms with Gasteiger partial charge in [0.2, 0.25) is 0 Å². The van der Waals surface area contributed by atoms with Gasteiger partial charge in [-0.3, -0.25) is 4.79 Å². The first-order valence-corrected chi connectivity index (χ1v) is 13.3. The molecule has 0 saturated heterocycles. The van der Waals surface area contributed by atoms with E-state index in [2.05, 4.69) is 58.2 Å². The average Bonchev–Trinajstić information content (AvgIpc) is 3.33. The monoisotopic (exact) mass is 507 g/mol. The fourth-order valence-corrected chi connectivity index (χ4v) is 5.57. The number of nitrogens with zero attached hydrogens (tertiary/aromatic N) is 3. The molecule has 192 valence electrons. The molecule has 3 aromatic rings. The third-order valence-electron chi connectivity index (χ3n) is 7.41. The minimum Gasteiger partial charge on any atom is -0.369 e. The van der Waals surface area contributed by atoms with Crippen LogP contribution in [0.15, 0.2) is 48.7 Å². The number of aromatic amines is 1. The third-order valence-corrected chi connectivity index (χ3v) is 7.62. The molecule has 0 atom stereocenters. The van der Waals surface area contributed by atoms with Gasteiger partial charge < -0.3 is 20.1 Å². The van der Waals surface area contributed by atoms with E-state index in [0.29, 0.717) is 29.2 Å². The van der Waals surface area contributed by atoms with Crippen LogP contribution in [0, 0.1) is 6.92 Å². The molecule has 1 heterocycles. The van der Waals surface area contributed by atoms with Crippen LogP contribution in [0.2, 0.25) is 5.02 Å². The Kier molecular flexibility index (Phi) is 8.70. The number of carbonyl (C=O) groups is 1. The van der Waals surface area contributed by atoms with Gasteiger partial charge in [-0.2, -0.15) is 0 Å². The number of anilines is 1. The maximum Gasteiger partial charge on any atom is 0.252 e. The molecule has 1 amide bonds. The minimum absolute atomic E-state index is 0.135. The van der Waals surface area contributed by atoms with E-state index >= 15 is 0 Å².